The van der Waals surface area contributed by atoms with Crippen molar-refractivity contribution in [3.8, 4) is 0 Å². The van der Waals surface area contributed by atoms with E-state index in [1.54, 1.807) is 0 Å². The largest absolute Gasteiger partial charge is 0.416 e. The fraction of sp³-hybridized carbons (Fsp3) is 0.500. The van der Waals surface area contributed by atoms with Crippen molar-refractivity contribution in [3.05, 3.63) is 35.4 Å². The first-order valence-corrected chi connectivity index (χ1v) is 6.35. The maximum atomic E-state index is 12.4. The lowest BCUT2D eigenvalue weighted by Crippen LogP contribution is -2.29. The molecule has 0 unspecified atom stereocenters. The van der Waals surface area contributed by atoms with Gasteiger partial charge in [0.1, 0.15) is 0 Å². The summed E-state index contributed by atoms with van der Waals surface area (Å²) in [5.41, 5.74) is 5.40. The topological polar surface area (TPSA) is 43.1 Å². The smallest absolute Gasteiger partial charge is 0.328 e. The van der Waals surface area contributed by atoms with Crippen LogP contribution in [-0.2, 0) is 6.18 Å². The molecule has 2 rings (SSSR count). The van der Waals surface area contributed by atoms with Gasteiger partial charge in [0.05, 0.1) is 5.56 Å². The number of rotatable bonds is 2. The number of ketones is 1. The minimum Gasteiger partial charge on any atom is -0.328 e. The molecule has 1 aromatic rings. The summed E-state index contributed by atoms with van der Waals surface area (Å²) < 4.78 is 37.3. The highest BCUT2D eigenvalue weighted by Crippen LogP contribution is 2.30. The summed E-state index contributed by atoms with van der Waals surface area (Å²) in [4.78, 5) is 12.1. The Morgan fingerprint density at radius 2 is 1.58 bits per heavy atom. The molecule has 104 valence electrons. The molecule has 0 radical (unpaired) electrons. The molecule has 0 aliphatic heterocycles. The lowest BCUT2D eigenvalue weighted by atomic mass is 9.82. The highest BCUT2D eigenvalue weighted by atomic mass is 19.4. The number of alkyl halides is 3. The van der Waals surface area contributed by atoms with Gasteiger partial charge in [0.25, 0.3) is 0 Å². The average molecular weight is 271 g/mol. The zero-order chi connectivity index (χ0) is 14.0. The van der Waals surface area contributed by atoms with Crippen LogP contribution in [0.2, 0.25) is 0 Å². The molecule has 0 atom stereocenters. The van der Waals surface area contributed by atoms with Gasteiger partial charge < -0.3 is 5.73 Å². The number of Topliss-reactive ketones (excluding diaryl/α,β-unsaturated/α-hetero) is 1. The van der Waals surface area contributed by atoms with E-state index in [9.17, 15) is 18.0 Å². The first-order chi connectivity index (χ1) is 8.88. The van der Waals surface area contributed by atoms with Crippen LogP contribution in [0.1, 0.15) is 41.6 Å². The first kappa shape index (κ1) is 14.1. The summed E-state index contributed by atoms with van der Waals surface area (Å²) in [6.07, 6.45) is -1.31. The summed E-state index contributed by atoms with van der Waals surface area (Å²) in [5, 5.41) is 0. The number of nitrogens with two attached hydrogens (primary N) is 1. The van der Waals surface area contributed by atoms with Crippen LogP contribution in [0.5, 0.6) is 0 Å². The standard InChI is InChI=1S/C14H16F3NO/c15-14(16,17)11-5-1-9(2-6-11)13(19)10-3-7-12(18)8-4-10/h1-2,5-6,10,12H,3-4,7-8,18H2. The van der Waals surface area contributed by atoms with Gasteiger partial charge >= 0.3 is 6.18 Å². The Hall–Kier alpha value is -1.36. The Balaban J connectivity index is 2.08. The van der Waals surface area contributed by atoms with Crippen LogP contribution in [0.4, 0.5) is 13.2 Å². The van der Waals surface area contributed by atoms with E-state index in [-0.39, 0.29) is 17.7 Å². The van der Waals surface area contributed by atoms with E-state index >= 15 is 0 Å². The summed E-state index contributed by atoms with van der Waals surface area (Å²) in [6, 6.07) is 4.60. The van der Waals surface area contributed by atoms with Crippen molar-refractivity contribution >= 4 is 5.78 Å². The van der Waals surface area contributed by atoms with Crippen LogP contribution in [0, 0.1) is 5.92 Å². The molecule has 0 heterocycles. The number of hydrogen-bond acceptors (Lipinski definition) is 2. The minimum atomic E-state index is -4.36. The van der Waals surface area contributed by atoms with Crippen LogP contribution in [0.25, 0.3) is 0 Å². The van der Waals surface area contributed by atoms with Gasteiger partial charge in [-0.1, -0.05) is 12.1 Å². The van der Waals surface area contributed by atoms with Crippen molar-refractivity contribution in [3.63, 3.8) is 0 Å². The molecule has 2 N–H and O–H groups in total. The third-order valence-corrected chi connectivity index (χ3v) is 3.64. The Morgan fingerprint density at radius 3 is 2.05 bits per heavy atom. The number of halogens is 3. The summed E-state index contributed by atoms with van der Waals surface area (Å²) in [5.74, 6) is -0.169. The predicted molar refractivity (Wildman–Crippen MR) is 65.7 cm³/mol. The average Bonchev–Trinajstić information content (AvgIpc) is 2.38. The number of hydrogen-bond donors (Lipinski definition) is 1. The summed E-state index contributed by atoms with van der Waals surface area (Å²) in [6.45, 7) is 0. The van der Waals surface area contributed by atoms with E-state index < -0.39 is 11.7 Å². The Kier molecular flexibility index (Phi) is 3.94. The van der Waals surface area contributed by atoms with E-state index in [0.29, 0.717) is 5.56 Å². The second-order valence-electron chi connectivity index (χ2n) is 5.05. The van der Waals surface area contributed by atoms with Crippen molar-refractivity contribution in [1.82, 2.24) is 0 Å². The predicted octanol–water partition coefficient (Wildman–Crippen LogP) is 3.41. The van der Waals surface area contributed by atoms with E-state index in [1.165, 1.54) is 12.1 Å². The SMILES string of the molecule is NC1CCC(C(=O)c2ccc(C(F)(F)F)cc2)CC1. The van der Waals surface area contributed by atoms with Crippen LogP contribution in [-0.4, -0.2) is 11.8 Å². The van der Waals surface area contributed by atoms with Gasteiger partial charge in [0, 0.05) is 17.5 Å². The highest BCUT2D eigenvalue weighted by Gasteiger charge is 2.31. The van der Waals surface area contributed by atoms with Gasteiger partial charge in [-0.15, -0.1) is 0 Å². The van der Waals surface area contributed by atoms with Crippen LogP contribution >= 0.6 is 0 Å². The summed E-state index contributed by atoms with van der Waals surface area (Å²) >= 11 is 0. The highest BCUT2D eigenvalue weighted by molar-refractivity contribution is 5.97. The Labute approximate surface area is 109 Å². The van der Waals surface area contributed by atoms with E-state index in [2.05, 4.69) is 0 Å². The fourth-order valence-corrected chi connectivity index (χ4v) is 2.44. The molecular weight excluding hydrogens is 255 g/mol. The molecule has 1 saturated carbocycles. The van der Waals surface area contributed by atoms with E-state index in [1.807, 2.05) is 0 Å². The lowest BCUT2D eigenvalue weighted by Gasteiger charge is -2.25. The number of carbonyl (C=O) groups excluding carboxylic acids is 1. The molecule has 0 spiro atoms. The zero-order valence-corrected chi connectivity index (χ0v) is 10.4. The molecular formula is C14H16F3NO. The Bertz CT molecular complexity index is 445. The van der Waals surface area contributed by atoms with Gasteiger partial charge in [0.15, 0.2) is 5.78 Å². The monoisotopic (exact) mass is 271 g/mol. The molecule has 0 saturated heterocycles. The van der Waals surface area contributed by atoms with Gasteiger partial charge in [-0.05, 0) is 37.8 Å². The number of benzene rings is 1. The molecule has 0 aromatic heterocycles. The lowest BCUT2D eigenvalue weighted by molar-refractivity contribution is -0.137. The molecule has 5 heteroatoms. The van der Waals surface area contributed by atoms with Gasteiger partial charge in [-0.3, -0.25) is 4.79 Å². The van der Waals surface area contributed by atoms with Crippen molar-refractivity contribution in [2.24, 2.45) is 11.7 Å². The normalized spacial score (nSPS) is 24.2. The fourth-order valence-electron chi connectivity index (χ4n) is 2.44. The van der Waals surface area contributed by atoms with Gasteiger partial charge in [-0.25, -0.2) is 0 Å². The second kappa shape index (κ2) is 5.33. The van der Waals surface area contributed by atoms with Crippen molar-refractivity contribution < 1.29 is 18.0 Å². The van der Waals surface area contributed by atoms with Crippen LogP contribution in [0.3, 0.4) is 0 Å². The summed E-state index contributed by atoms with van der Waals surface area (Å²) in [7, 11) is 0. The second-order valence-corrected chi connectivity index (χ2v) is 5.05. The molecule has 0 amide bonds. The van der Waals surface area contributed by atoms with Gasteiger partial charge in [-0.2, -0.15) is 13.2 Å². The first-order valence-electron chi connectivity index (χ1n) is 6.35. The van der Waals surface area contributed by atoms with Gasteiger partial charge in [0.2, 0.25) is 0 Å². The molecule has 0 bridgehead atoms. The molecule has 1 aliphatic rings. The number of carbonyl (C=O) groups is 1. The van der Waals surface area contributed by atoms with E-state index in [4.69, 9.17) is 5.73 Å². The van der Waals surface area contributed by atoms with Crippen molar-refractivity contribution in [2.45, 2.75) is 37.9 Å². The Morgan fingerprint density at radius 1 is 1.05 bits per heavy atom. The molecule has 1 aromatic carbocycles. The maximum absolute atomic E-state index is 12.4. The third kappa shape index (κ3) is 3.35. The van der Waals surface area contributed by atoms with Crippen LogP contribution < -0.4 is 5.73 Å². The minimum absolute atomic E-state index is 0.0689. The molecule has 19 heavy (non-hydrogen) atoms. The molecule has 1 aliphatic carbocycles. The quantitative estimate of drug-likeness (QED) is 0.838. The third-order valence-electron chi connectivity index (χ3n) is 3.64. The molecule has 2 nitrogen and oxygen atoms in total. The van der Waals surface area contributed by atoms with Crippen LogP contribution in [0.15, 0.2) is 24.3 Å². The van der Waals surface area contributed by atoms with Crippen molar-refractivity contribution in [2.75, 3.05) is 0 Å². The maximum Gasteiger partial charge on any atom is 0.416 e. The molecule has 1 fully saturated rings. The van der Waals surface area contributed by atoms with Crippen molar-refractivity contribution in [1.29, 1.82) is 0 Å². The van der Waals surface area contributed by atoms with E-state index in [0.717, 1.165) is 37.8 Å². The zero-order valence-electron chi connectivity index (χ0n) is 10.4.